The monoisotopic (exact) mass is 287 g/mol. The van der Waals surface area contributed by atoms with Crippen molar-refractivity contribution in [3.63, 3.8) is 0 Å². The van der Waals surface area contributed by atoms with Gasteiger partial charge in [-0.3, -0.25) is 0 Å². The van der Waals surface area contributed by atoms with Gasteiger partial charge in [-0.2, -0.15) is 0 Å². The molecule has 0 aromatic heterocycles. The third kappa shape index (κ3) is 2.77. The first-order valence-electron chi connectivity index (χ1n) is 6.93. The molecule has 0 unspecified atom stereocenters. The van der Waals surface area contributed by atoms with Crippen LogP contribution in [0.1, 0.15) is 13.8 Å². The summed E-state index contributed by atoms with van der Waals surface area (Å²) < 4.78 is 12.3. The summed E-state index contributed by atoms with van der Waals surface area (Å²) in [6.45, 7) is 5.16. The highest BCUT2D eigenvalue weighted by molar-refractivity contribution is 6.93. The van der Waals surface area contributed by atoms with E-state index in [1.165, 1.54) is 0 Å². The molecule has 0 fully saturated rings. The third-order valence-corrected chi connectivity index (χ3v) is 6.81. The third-order valence-electron chi connectivity index (χ3n) is 3.16. The van der Waals surface area contributed by atoms with Crippen molar-refractivity contribution < 1.29 is 8.85 Å². The van der Waals surface area contributed by atoms with E-state index in [0.717, 1.165) is 16.1 Å². The van der Waals surface area contributed by atoms with Crippen molar-refractivity contribution in [2.24, 2.45) is 0 Å². The molecule has 4 heteroatoms. The number of para-hydroxylation sites is 1. The van der Waals surface area contributed by atoms with Crippen molar-refractivity contribution in [3.05, 3.63) is 54.6 Å². The smallest absolute Gasteiger partial charge is 0.399 e. The minimum Gasteiger partial charge on any atom is -0.399 e. The number of anilines is 1. The molecule has 0 saturated carbocycles. The van der Waals surface area contributed by atoms with Crippen LogP contribution in [0.15, 0.2) is 54.6 Å². The van der Waals surface area contributed by atoms with Crippen LogP contribution in [0.3, 0.4) is 0 Å². The van der Waals surface area contributed by atoms with Crippen molar-refractivity contribution >= 4 is 24.6 Å². The molecule has 2 rings (SSSR count). The van der Waals surface area contributed by atoms with Crippen LogP contribution >= 0.6 is 0 Å². The molecule has 0 saturated heterocycles. The summed E-state index contributed by atoms with van der Waals surface area (Å²) in [6.07, 6.45) is 0. The zero-order valence-electron chi connectivity index (χ0n) is 12.0. The molecule has 0 aliphatic carbocycles. The molecule has 2 aromatic carbocycles. The molecule has 0 atom stereocenters. The van der Waals surface area contributed by atoms with Crippen molar-refractivity contribution in [1.29, 1.82) is 0 Å². The van der Waals surface area contributed by atoms with Crippen LogP contribution in [0.4, 0.5) is 5.69 Å². The summed E-state index contributed by atoms with van der Waals surface area (Å²) in [6, 6.07) is 18.0. The van der Waals surface area contributed by atoms with Crippen LogP contribution in [-0.4, -0.2) is 21.8 Å². The Morgan fingerprint density at radius 3 is 1.95 bits per heavy atom. The van der Waals surface area contributed by atoms with Crippen LogP contribution in [0.2, 0.25) is 0 Å². The van der Waals surface area contributed by atoms with E-state index in [2.05, 4.69) is 12.1 Å². The molecular weight excluding hydrogens is 266 g/mol. The van der Waals surface area contributed by atoms with Crippen LogP contribution in [0.25, 0.3) is 0 Å². The molecule has 3 nitrogen and oxygen atoms in total. The normalized spacial score (nSPS) is 11.5. The summed E-state index contributed by atoms with van der Waals surface area (Å²) in [5, 5.41) is 2.07. The Hall–Kier alpha value is -1.62. The number of rotatable bonds is 6. The Morgan fingerprint density at radius 1 is 0.850 bits per heavy atom. The minimum atomic E-state index is -2.72. The minimum absolute atomic E-state index is 0.593. The van der Waals surface area contributed by atoms with Crippen LogP contribution in [0, 0.1) is 0 Å². The molecule has 0 spiro atoms. The summed E-state index contributed by atoms with van der Waals surface area (Å²) >= 11 is 0. The highest BCUT2D eigenvalue weighted by Gasteiger charge is 2.43. The predicted octanol–water partition coefficient (Wildman–Crippen LogP) is 1.90. The Kier molecular flexibility index (Phi) is 4.95. The first-order chi connectivity index (χ1) is 9.74. The largest absolute Gasteiger partial charge is 0.409 e. The van der Waals surface area contributed by atoms with Gasteiger partial charge in [0, 0.05) is 24.1 Å². The van der Waals surface area contributed by atoms with Gasteiger partial charge >= 0.3 is 8.56 Å². The zero-order chi connectivity index (χ0) is 14.4. The van der Waals surface area contributed by atoms with E-state index in [0.29, 0.717) is 13.2 Å². The average Bonchev–Trinajstić information content (AvgIpc) is 2.48. The van der Waals surface area contributed by atoms with Gasteiger partial charge < -0.3 is 14.6 Å². The van der Waals surface area contributed by atoms with Gasteiger partial charge in [0.05, 0.1) is 0 Å². The van der Waals surface area contributed by atoms with Crippen molar-refractivity contribution in [2.45, 2.75) is 13.8 Å². The molecule has 2 N–H and O–H groups in total. The summed E-state index contributed by atoms with van der Waals surface area (Å²) in [5.41, 5.74) is 6.91. The molecule has 0 aliphatic rings. The Labute approximate surface area is 121 Å². The Balaban J connectivity index is 2.62. The second-order valence-corrected chi connectivity index (χ2v) is 7.36. The van der Waals surface area contributed by atoms with E-state index in [1.807, 2.05) is 56.3 Å². The predicted molar refractivity (Wildman–Crippen MR) is 85.6 cm³/mol. The van der Waals surface area contributed by atoms with Gasteiger partial charge in [0.1, 0.15) is 0 Å². The van der Waals surface area contributed by atoms with Crippen LogP contribution in [0.5, 0.6) is 0 Å². The lowest BCUT2D eigenvalue weighted by molar-refractivity contribution is 0.209. The standard InChI is InChI=1S/C16H21NO2Si/c1-3-18-20(19-4-2,14-10-6-5-7-11-14)16-13-9-8-12-15(16)17/h5-13H,3-4,17H2,1-2H3. The molecule has 2 aromatic rings. The first kappa shape index (κ1) is 14.8. The number of benzene rings is 2. The lowest BCUT2D eigenvalue weighted by Crippen LogP contribution is -2.64. The lowest BCUT2D eigenvalue weighted by atomic mass is 10.3. The van der Waals surface area contributed by atoms with Gasteiger partial charge in [0.15, 0.2) is 0 Å². The zero-order valence-corrected chi connectivity index (χ0v) is 13.0. The topological polar surface area (TPSA) is 44.5 Å². The van der Waals surface area contributed by atoms with Crippen molar-refractivity contribution in [2.75, 3.05) is 18.9 Å². The van der Waals surface area contributed by atoms with Gasteiger partial charge in [-0.15, -0.1) is 0 Å². The summed E-state index contributed by atoms with van der Waals surface area (Å²) in [4.78, 5) is 0. The quantitative estimate of drug-likeness (QED) is 0.652. The molecule has 0 bridgehead atoms. The maximum atomic E-state index is 6.18. The van der Waals surface area contributed by atoms with Crippen LogP contribution < -0.4 is 16.1 Å². The van der Waals surface area contributed by atoms with Gasteiger partial charge in [-0.25, -0.2) is 0 Å². The summed E-state index contributed by atoms with van der Waals surface area (Å²) in [7, 11) is -2.72. The lowest BCUT2D eigenvalue weighted by Gasteiger charge is -2.31. The van der Waals surface area contributed by atoms with Gasteiger partial charge in [-0.05, 0) is 25.1 Å². The average molecular weight is 287 g/mol. The van der Waals surface area contributed by atoms with E-state index in [9.17, 15) is 0 Å². The first-order valence-corrected chi connectivity index (χ1v) is 8.74. The van der Waals surface area contributed by atoms with E-state index >= 15 is 0 Å². The second kappa shape index (κ2) is 6.70. The molecule has 0 radical (unpaired) electrons. The van der Waals surface area contributed by atoms with E-state index in [4.69, 9.17) is 14.6 Å². The molecule has 106 valence electrons. The van der Waals surface area contributed by atoms with E-state index in [1.54, 1.807) is 0 Å². The molecule has 0 aliphatic heterocycles. The number of nitrogen functional groups attached to an aromatic ring is 1. The fourth-order valence-electron chi connectivity index (χ4n) is 2.38. The maximum Gasteiger partial charge on any atom is 0.409 e. The highest BCUT2D eigenvalue weighted by atomic mass is 28.4. The fourth-order valence-corrected chi connectivity index (χ4v) is 5.64. The van der Waals surface area contributed by atoms with Crippen LogP contribution in [-0.2, 0) is 8.85 Å². The number of hydrogen-bond donors (Lipinski definition) is 1. The molecule has 0 amide bonds. The second-order valence-electron chi connectivity index (χ2n) is 4.44. The SMILES string of the molecule is CCO[Si](OCC)(c1ccccc1)c1ccccc1N. The van der Waals surface area contributed by atoms with E-state index < -0.39 is 8.56 Å². The fraction of sp³-hybridized carbons (Fsp3) is 0.250. The van der Waals surface area contributed by atoms with Gasteiger partial charge in [0.25, 0.3) is 0 Å². The van der Waals surface area contributed by atoms with Crippen molar-refractivity contribution in [3.8, 4) is 0 Å². The Bertz CT molecular complexity index is 539. The highest BCUT2D eigenvalue weighted by Crippen LogP contribution is 2.13. The number of hydrogen-bond acceptors (Lipinski definition) is 3. The maximum absolute atomic E-state index is 6.18. The molecule has 20 heavy (non-hydrogen) atoms. The Morgan fingerprint density at radius 2 is 1.40 bits per heavy atom. The van der Waals surface area contributed by atoms with Gasteiger partial charge in [0.2, 0.25) is 0 Å². The van der Waals surface area contributed by atoms with Gasteiger partial charge in [-0.1, -0.05) is 48.5 Å². The molecular formula is C16H21NO2Si. The molecule has 0 heterocycles. The number of nitrogens with two attached hydrogens (primary N) is 1. The summed E-state index contributed by atoms with van der Waals surface area (Å²) in [5.74, 6) is 0. The van der Waals surface area contributed by atoms with Crippen molar-refractivity contribution in [1.82, 2.24) is 0 Å². The van der Waals surface area contributed by atoms with E-state index in [-0.39, 0.29) is 0 Å².